The number of halogens is 3. The first kappa shape index (κ1) is 23.6. The van der Waals surface area contributed by atoms with Gasteiger partial charge in [0.25, 0.3) is 17.5 Å². The first-order chi connectivity index (χ1) is 16.6. The molecule has 2 N–H and O–H groups in total. The summed E-state index contributed by atoms with van der Waals surface area (Å²) in [5.74, 6) is -1.64. The maximum absolute atomic E-state index is 13.6. The second-order valence-electron chi connectivity index (χ2n) is 6.92. The largest absolute Gasteiger partial charge is 0.433 e. The van der Waals surface area contributed by atoms with Crippen LogP contribution in [-0.2, 0) is 6.18 Å². The van der Waals surface area contributed by atoms with Crippen LogP contribution in [0.15, 0.2) is 66.0 Å². The van der Waals surface area contributed by atoms with Gasteiger partial charge in [-0.05, 0) is 18.2 Å². The maximum atomic E-state index is 13.6. The van der Waals surface area contributed by atoms with Crippen LogP contribution in [0.1, 0.15) is 26.5 Å². The minimum absolute atomic E-state index is 0.0367. The number of nitrogens with one attached hydrogen (secondary N) is 2. The molecule has 0 atom stereocenters. The van der Waals surface area contributed by atoms with E-state index in [4.69, 9.17) is 0 Å². The Kier molecular flexibility index (Phi) is 6.29. The number of hydrazine groups is 1. The Morgan fingerprint density at radius 1 is 1.00 bits per heavy atom. The average Bonchev–Trinajstić information content (AvgIpc) is 3.50. The number of amides is 2. The summed E-state index contributed by atoms with van der Waals surface area (Å²) in [5, 5.41) is 15.7. The summed E-state index contributed by atoms with van der Waals surface area (Å²) < 4.78 is 41.5. The van der Waals surface area contributed by atoms with Crippen molar-refractivity contribution in [2.45, 2.75) is 6.18 Å². The number of nitrogens with zero attached hydrogens (tertiary/aromatic N) is 4. The van der Waals surface area contributed by atoms with E-state index in [-0.39, 0.29) is 27.8 Å². The summed E-state index contributed by atoms with van der Waals surface area (Å²) in [6, 6.07) is 13.8. The van der Waals surface area contributed by atoms with E-state index in [1.54, 1.807) is 30.3 Å². The van der Waals surface area contributed by atoms with Crippen LogP contribution >= 0.6 is 11.3 Å². The number of aromatic nitrogens is 3. The predicted molar refractivity (Wildman–Crippen MR) is 118 cm³/mol. The topological polar surface area (TPSA) is 132 Å². The molecule has 10 nitrogen and oxygen atoms in total. The third-order valence-electron chi connectivity index (χ3n) is 4.61. The Bertz CT molecular complexity index is 1400. The lowest BCUT2D eigenvalue weighted by Gasteiger charge is -2.07. The Morgan fingerprint density at radius 2 is 1.66 bits per heavy atom. The van der Waals surface area contributed by atoms with Gasteiger partial charge in [-0.1, -0.05) is 30.3 Å². The van der Waals surface area contributed by atoms with Crippen LogP contribution in [0.4, 0.5) is 18.9 Å². The number of benzene rings is 2. The molecule has 2 amide bonds. The molecule has 0 aliphatic carbocycles. The molecule has 0 spiro atoms. The quantitative estimate of drug-likeness (QED) is 0.313. The Balaban J connectivity index is 1.50. The van der Waals surface area contributed by atoms with Gasteiger partial charge in [-0.2, -0.15) is 18.3 Å². The van der Waals surface area contributed by atoms with Gasteiger partial charge in [0.05, 0.1) is 10.6 Å². The molecule has 0 saturated carbocycles. The van der Waals surface area contributed by atoms with Crippen LogP contribution in [-0.4, -0.2) is 31.5 Å². The van der Waals surface area contributed by atoms with Crippen molar-refractivity contribution in [2.24, 2.45) is 0 Å². The van der Waals surface area contributed by atoms with E-state index in [0.29, 0.717) is 10.2 Å². The van der Waals surface area contributed by atoms with Gasteiger partial charge < -0.3 is 0 Å². The normalized spacial score (nSPS) is 11.2. The number of hydrogen-bond donors (Lipinski definition) is 2. The van der Waals surface area contributed by atoms with Crippen LogP contribution in [0.25, 0.3) is 16.4 Å². The van der Waals surface area contributed by atoms with Crippen molar-refractivity contribution in [3.63, 3.8) is 0 Å². The summed E-state index contributed by atoms with van der Waals surface area (Å²) in [5.41, 5.74) is 3.26. The molecule has 0 aliphatic heterocycles. The lowest BCUT2D eigenvalue weighted by Crippen LogP contribution is -2.41. The van der Waals surface area contributed by atoms with Crippen molar-refractivity contribution in [1.29, 1.82) is 0 Å². The van der Waals surface area contributed by atoms with Crippen LogP contribution in [0.2, 0.25) is 0 Å². The van der Waals surface area contributed by atoms with Crippen molar-refractivity contribution in [3.8, 4) is 16.4 Å². The third kappa shape index (κ3) is 5.16. The molecule has 4 rings (SSSR count). The van der Waals surface area contributed by atoms with Crippen LogP contribution in [0.3, 0.4) is 0 Å². The summed E-state index contributed by atoms with van der Waals surface area (Å²) in [4.78, 5) is 38.5. The van der Waals surface area contributed by atoms with E-state index in [2.05, 4.69) is 20.9 Å². The molecule has 0 fully saturated rings. The van der Waals surface area contributed by atoms with E-state index in [9.17, 15) is 32.9 Å². The van der Waals surface area contributed by atoms with Gasteiger partial charge in [0.2, 0.25) is 5.13 Å². The molecule has 0 unspecified atom stereocenters. The molecule has 2 heterocycles. The second kappa shape index (κ2) is 9.34. The molecular formula is C21H13F3N6O4S. The number of nitro groups is 1. The molecule has 35 heavy (non-hydrogen) atoms. The van der Waals surface area contributed by atoms with Crippen molar-refractivity contribution in [2.75, 3.05) is 0 Å². The molecule has 4 aromatic rings. The maximum Gasteiger partial charge on any atom is 0.433 e. The first-order valence-electron chi connectivity index (χ1n) is 9.67. The van der Waals surface area contributed by atoms with Gasteiger partial charge in [0.1, 0.15) is 5.69 Å². The lowest BCUT2D eigenvalue weighted by molar-refractivity contribution is -0.384. The molecule has 0 bridgehead atoms. The Morgan fingerprint density at radius 3 is 2.29 bits per heavy atom. The number of alkyl halides is 3. The predicted octanol–water partition coefficient (Wildman–Crippen LogP) is 4.00. The second-order valence-corrected chi connectivity index (χ2v) is 7.75. The highest BCUT2D eigenvalue weighted by Gasteiger charge is 2.37. The fourth-order valence-electron chi connectivity index (χ4n) is 2.93. The van der Waals surface area contributed by atoms with Gasteiger partial charge in [-0.3, -0.25) is 30.6 Å². The Hall–Kier alpha value is -4.59. The fraction of sp³-hybridized carbons (Fsp3) is 0.0476. The van der Waals surface area contributed by atoms with Gasteiger partial charge in [-0.15, -0.1) is 11.3 Å². The number of rotatable bonds is 5. The van der Waals surface area contributed by atoms with E-state index >= 15 is 0 Å². The minimum atomic E-state index is -4.73. The standard InChI is InChI=1S/C21H13F3N6O4S/c22-21(23,24)17-10-15(12-4-2-1-3-5-12)28-29(17)20-25-16(11-35-20)19(32)27-26-18(31)13-6-8-14(9-7-13)30(33)34/h1-11H,(H,26,31)(H,27,32). The van der Waals surface area contributed by atoms with Crippen molar-refractivity contribution < 1.29 is 27.7 Å². The number of hydrogen-bond acceptors (Lipinski definition) is 7. The molecule has 0 radical (unpaired) electrons. The molecule has 14 heteroatoms. The summed E-state index contributed by atoms with van der Waals surface area (Å²) in [6.07, 6.45) is -4.73. The average molecular weight is 502 g/mol. The monoisotopic (exact) mass is 502 g/mol. The van der Waals surface area contributed by atoms with Crippen molar-refractivity contribution >= 4 is 28.8 Å². The summed E-state index contributed by atoms with van der Waals surface area (Å²) in [7, 11) is 0. The van der Waals surface area contributed by atoms with Crippen molar-refractivity contribution in [1.82, 2.24) is 25.6 Å². The summed E-state index contributed by atoms with van der Waals surface area (Å²) in [6.45, 7) is 0. The minimum Gasteiger partial charge on any atom is -0.267 e. The number of non-ortho nitro benzene ring substituents is 1. The molecule has 0 saturated heterocycles. The van der Waals surface area contributed by atoms with Gasteiger partial charge >= 0.3 is 6.18 Å². The highest BCUT2D eigenvalue weighted by Crippen LogP contribution is 2.34. The smallest absolute Gasteiger partial charge is 0.267 e. The first-order valence-corrected chi connectivity index (χ1v) is 10.5. The fourth-order valence-corrected chi connectivity index (χ4v) is 3.70. The molecule has 2 aromatic carbocycles. The Labute approximate surface area is 198 Å². The highest BCUT2D eigenvalue weighted by atomic mass is 32.1. The van der Waals surface area contributed by atoms with Crippen LogP contribution < -0.4 is 10.9 Å². The van der Waals surface area contributed by atoms with E-state index in [0.717, 1.165) is 29.5 Å². The summed E-state index contributed by atoms with van der Waals surface area (Å²) >= 11 is 0.757. The molecular weight excluding hydrogens is 489 g/mol. The van der Waals surface area contributed by atoms with Crippen LogP contribution in [0, 0.1) is 10.1 Å². The van der Waals surface area contributed by atoms with Crippen molar-refractivity contribution in [3.05, 3.63) is 93.1 Å². The molecule has 0 aliphatic rings. The zero-order chi connectivity index (χ0) is 25.2. The molecule has 178 valence electrons. The third-order valence-corrected chi connectivity index (χ3v) is 5.42. The van der Waals surface area contributed by atoms with Gasteiger partial charge in [0.15, 0.2) is 5.69 Å². The van der Waals surface area contributed by atoms with Crippen LogP contribution in [0.5, 0.6) is 0 Å². The highest BCUT2D eigenvalue weighted by molar-refractivity contribution is 7.12. The zero-order valence-electron chi connectivity index (χ0n) is 17.3. The van der Waals surface area contributed by atoms with E-state index < -0.39 is 28.6 Å². The van der Waals surface area contributed by atoms with Gasteiger partial charge in [-0.25, -0.2) is 9.67 Å². The molecule has 2 aromatic heterocycles. The number of thiazole rings is 1. The van der Waals surface area contributed by atoms with E-state index in [1.165, 1.54) is 17.5 Å². The van der Waals surface area contributed by atoms with E-state index in [1.807, 2.05) is 0 Å². The lowest BCUT2D eigenvalue weighted by atomic mass is 10.1. The number of carbonyl (C=O) groups is 2. The SMILES string of the molecule is O=C(NNC(=O)c1csc(-n2nc(-c3ccccc3)cc2C(F)(F)F)n1)c1ccc([N+](=O)[O-])cc1. The number of nitro benzene ring substituents is 1. The zero-order valence-corrected chi connectivity index (χ0v) is 18.1. The number of carbonyl (C=O) groups excluding carboxylic acids is 2. The van der Waals surface area contributed by atoms with Gasteiger partial charge in [0, 0.05) is 28.6 Å².